The molecule has 4 N–H and O–H groups in total. The van der Waals surface area contributed by atoms with Crippen LogP contribution in [-0.4, -0.2) is 35.6 Å². The number of aromatic nitrogens is 1. The Labute approximate surface area is 177 Å². The molecule has 3 heterocycles. The Morgan fingerprint density at radius 1 is 1.00 bits per heavy atom. The number of phenolic OH excluding ortho intramolecular Hbond substituents is 1. The highest BCUT2D eigenvalue weighted by Crippen LogP contribution is 2.63. The number of fused-ring (bicyclic) bond motifs is 6. The number of aliphatic hydroxyl groups is 1. The van der Waals surface area contributed by atoms with Crippen LogP contribution in [-0.2, 0) is 5.60 Å². The fourth-order valence-corrected chi connectivity index (χ4v) is 4.88. The maximum atomic E-state index is 11.8. The number of hydrogen-bond donors (Lipinski definition) is 4. The van der Waals surface area contributed by atoms with Gasteiger partial charge in [-0.15, -0.1) is 0 Å². The molecule has 0 bridgehead atoms. The number of benzene rings is 3. The van der Waals surface area contributed by atoms with E-state index in [4.69, 9.17) is 14.2 Å². The van der Waals surface area contributed by atoms with Crippen molar-refractivity contribution in [2.45, 2.75) is 11.8 Å². The minimum Gasteiger partial charge on any atom is -0.504 e. The van der Waals surface area contributed by atoms with Crippen molar-refractivity contribution in [2.75, 3.05) is 19.5 Å². The van der Waals surface area contributed by atoms with E-state index < -0.39 is 11.8 Å². The van der Waals surface area contributed by atoms with Crippen molar-refractivity contribution in [3.05, 3.63) is 65.9 Å². The van der Waals surface area contributed by atoms with Crippen molar-refractivity contribution >= 4 is 16.6 Å². The number of methoxy groups -OCH3 is 2. The summed E-state index contributed by atoms with van der Waals surface area (Å²) in [6.07, 6.45) is 1.03. The zero-order chi connectivity index (χ0) is 21.3. The van der Waals surface area contributed by atoms with E-state index in [0.717, 1.165) is 22.2 Å². The van der Waals surface area contributed by atoms with Gasteiger partial charge >= 0.3 is 0 Å². The van der Waals surface area contributed by atoms with Crippen LogP contribution in [0.5, 0.6) is 23.0 Å². The predicted molar refractivity (Wildman–Crippen MR) is 116 cm³/mol. The summed E-state index contributed by atoms with van der Waals surface area (Å²) in [5.41, 5.74) is 2.32. The molecular formula is C24H20N2O5. The first-order chi connectivity index (χ1) is 15.1. The van der Waals surface area contributed by atoms with Crippen molar-refractivity contribution < 1.29 is 24.4 Å². The molecule has 2 aliphatic heterocycles. The molecule has 2 atom stereocenters. The Balaban J connectivity index is 1.69. The van der Waals surface area contributed by atoms with Crippen molar-refractivity contribution in [1.82, 2.24) is 4.98 Å². The van der Waals surface area contributed by atoms with Gasteiger partial charge in [-0.1, -0.05) is 36.4 Å². The number of phenols is 1. The van der Waals surface area contributed by atoms with E-state index in [0.29, 0.717) is 28.2 Å². The summed E-state index contributed by atoms with van der Waals surface area (Å²) >= 11 is 0. The third-order valence-electron chi connectivity index (χ3n) is 6.23. The molecule has 0 radical (unpaired) electrons. The normalized spacial score (nSPS) is 20.5. The number of ether oxygens (including phenoxy) is 3. The van der Waals surface area contributed by atoms with Crippen molar-refractivity contribution in [2.24, 2.45) is 0 Å². The predicted octanol–water partition coefficient (Wildman–Crippen LogP) is 3.94. The maximum absolute atomic E-state index is 11.8. The smallest absolute Gasteiger partial charge is 0.208 e. The number of hydrogen-bond acceptors (Lipinski definition) is 6. The third-order valence-corrected chi connectivity index (χ3v) is 6.23. The summed E-state index contributed by atoms with van der Waals surface area (Å²) in [7, 11) is 2.98. The molecule has 0 aliphatic carbocycles. The first-order valence-corrected chi connectivity index (χ1v) is 9.92. The zero-order valence-corrected chi connectivity index (χ0v) is 16.9. The number of rotatable bonds is 3. The van der Waals surface area contributed by atoms with E-state index in [1.54, 1.807) is 0 Å². The first-order valence-electron chi connectivity index (χ1n) is 9.92. The second-order valence-electron chi connectivity index (χ2n) is 7.70. The standard InChI is InChI=1S/C24H20N2O5/c1-29-20-17(13-11-25-15-9-5-3-7-12(13)15)19(27)21(30-2)18-22(20)31-23-24(18,28)14-8-4-6-10-16(14)26-23/h3-11,23,25-28H,1-2H3. The van der Waals surface area contributed by atoms with Gasteiger partial charge in [0.15, 0.2) is 28.6 Å². The number of para-hydroxylation sites is 2. The molecule has 6 rings (SSSR count). The minimum atomic E-state index is -1.54. The van der Waals surface area contributed by atoms with Crippen LogP contribution in [0.25, 0.3) is 22.0 Å². The van der Waals surface area contributed by atoms with Crippen LogP contribution in [0.15, 0.2) is 54.7 Å². The van der Waals surface area contributed by atoms with E-state index in [1.165, 1.54) is 14.2 Å². The second kappa shape index (κ2) is 6.09. The summed E-state index contributed by atoms with van der Waals surface area (Å²) in [6, 6.07) is 15.2. The molecule has 2 aliphatic rings. The average Bonchev–Trinajstić information content (AvgIpc) is 3.42. The molecule has 0 saturated heterocycles. The molecule has 4 aromatic rings. The van der Waals surface area contributed by atoms with Gasteiger partial charge < -0.3 is 34.7 Å². The van der Waals surface area contributed by atoms with Crippen LogP contribution in [0, 0.1) is 0 Å². The number of aromatic amines is 1. The Kier molecular flexibility index (Phi) is 3.53. The molecule has 7 heteroatoms. The number of anilines is 1. The van der Waals surface area contributed by atoms with Gasteiger partial charge in [0.25, 0.3) is 0 Å². The zero-order valence-electron chi connectivity index (χ0n) is 16.9. The van der Waals surface area contributed by atoms with Gasteiger partial charge in [-0.05, 0) is 12.1 Å². The summed E-state index contributed by atoms with van der Waals surface area (Å²) < 4.78 is 17.6. The van der Waals surface area contributed by atoms with Crippen LogP contribution in [0.1, 0.15) is 11.1 Å². The van der Waals surface area contributed by atoms with Gasteiger partial charge in [0.2, 0.25) is 6.23 Å². The molecule has 0 amide bonds. The van der Waals surface area contributed by atoms with Crippen molar-refractivity contribution in [3.63, 3.8) is 0 Å². The highest BCUT2D eigenvalue weighted by molar-refractivity contribution is 6.01. The SMILES string of the molecule is COc1c2c(c(OC)c(O)c1-c1c[nH]c3ccccc13)C1(O)c3ccccc3NC1O2. The van der Waals surface area contributed by atoms with Gasteiger partial charge in [0, 0.05) is 33.9 Å². The highest BCUT2D eigenvalue weighted by Gasteiger charge is 2.58. The van der Waals surface area contributed by atoms with Gasteiger partial charge in [-0.2, -0.15) is 0 Å². The molecule has 0 saturated carbocycles. The molecule has 156 valence electrons. The van der Waals surface area contributed by atoms with E-state index in [-0.39, 0.29) is 11.5 Å². The lowest BCUT2D eigenvalue weighted by atomic mass is 9.85. The molecule has 1 aromatic heterocycles. The molecule has 2 unspecified atom stereocenters. The molecule has 0 fully saturated rings. The topological polar surface area (TPSA) is 96.0 Å². The summed E-state index contributed by atoms with van der Waals surface area (Å²) in [5, 5.41) is 27.4. The largest absolute Gasteiger partial charge is 0.504 e. The summed E-state index contributed by atoms with van der Waals surface area (Å²) in [5.74, 6) is 0.705. The molecule has 7 nitrogen and oxygen atoms in total. The molecule has 0 spiro atoms. The number of aromatic hydroxyl groups is 1. The van der Waals surface area contributed by atoms with Crippen LogP contribution >= 0.6 is 0 Å². The van der Waals surface area contributed by atoms with Gasteiger partial charge in [0.05, 0.1) is 25.3 Å². The minimum absolute atomic E-state index is 0.120. The fraction of sp³-hybridized carbons (Fsp3) is 0.167. The first kappa shape index (κ1) is 18.0. The van der Waals surface area contributed by atoms with Crippen LogP contribution in [0.3, 0.4) is 0 Å². The maximum Gasteiger partial charge on any atom is 0.208 e. The lowest BCUT2D eigenvalue weighted by Gasteiger charge is -2.24. The monoisotopic (exact) mass is 416 g/mol. The number of nitrogens with one attached hydrogen (secondary N) is 2. The average molecular weight is 416 g/mol. The van der Waals surface area contributed by atoms with Gasteiger partial charge in [-0.25, -0.2) is 0 Å². The molecule has 3 aromatic carbocycles. The van der Waals surface area contributed by atoms with E-state index in [2.05, 4.69) is 10.3 Å². The van der Waals surface area contributed by atoms with E-state index >= 15 is 0 Å². The Hall–Kier alpha value is -3.84. The lowest BCUT2D eigenvalue weighted by Crippen LogP contribution is -2.38. The Bertz CT molecular complexity index is 1360. The second-order valence-corrected chi connectivity index (χ2v) is 7.70. The van der Waals surface area contributed by atoms with Gasteiger partial charge in [0.1, 0.15) is 0 Å². The van der Waals surface area contributed by atoms with E-state index in [9.17, 15) is 10.2 Å². The van der Waals surface area contributed by atoms with Crippen LogP contribution < -0.4 is 19.5 Å². The van der Waals surface area contributed by atoms with Crippen molar-refractivity contribution in [3.8, 4) is 34.1 Å². The quantitative estimate of drug-likeness (QED) is 0.404. The fourth-order valence-electron chi connectivity index (χ4n) is 4.88. The van der Waals surface area contributed by atoms with Crippen molar-refractivity contribution in [1.29, 1.82) is 0 Å². The molecule has 31 heavy (non-hydrogen) atoms. The summed E-state index contributed by atoms with van der Waals surface area (Å²) in [6.45, 7) is 0. The van der Waals surface area contributed by atoms with Crippen LogP contribution in [0.2, 0.25) is 0 Å². The highest BCUT2D eigenvalue weighted by atomic mass is 16.6. The Morgan fingerprint density at radius 3 is 2.55 bits per heavy atom. The molecular weight excluding hydrogens is 396 g/mol. The Morgan fingerprint density at radius 2 is 1.74 bits per heavy atom. The van der Waals surface area contributed by atoms with Gasteiger partial charge in [-0.3, -0.25) is 0 Å². The number of H-pyrrole nitrogens is 1. The lowest BCUT2D eigenvalue weighted by molar-refractivity contribution is 0.0172. The van der Waals surface area contributed by atoms with Crippen LogP contribution in [0.4, 0.5) is 5.69 Å². The summed E-state index contributed by atoms with van der Waals surface area (Å²) in [4.78, 5) is 3.22. The van der Waals surface area contributed by atoms with E-state index in [1.807, 2.05) is 54.7 Å². The third kappa shape index (κ3) is 2.11.